The topological polar surface area (TPSA) is 54.9 Å². The van der Waals surface area contributed by atoms with Gasteiger partial charge in [0.15, 0.2) is 5.96 Å². The SMILES string of the molecule is CCNC(=NCC1CCOC1)NC1CC2CCC1O2. The van der Waals surface area contributed by atoms with Gasteiger partial charge in [0.2, 0.25) is 0 Å². The van der Waals surface area contributed by atoms with Crippen molar-refractivity contribution in [2.24, 2.45) is 10.9 Å². The molecule has 0 spiro atoms. The molecular formula is C14H25N3O2. The van der Waals surface area contributed by atoms with Crippen LogP contribution in [0.25, 0.3) is 0 Å². The van der Waals surface area contributed by atoms with Crippen LogP contribution in [-0.2, 0) is 9.47 Å². The first-order valence-electron chi connectivity index (χ1n) is 7.63. The van der Waals surface area contributed by atoms with Gasteiger partial charge in [-0.15, -0.1) is 0 Å². The lowest BCUT2D eigenvalue weighted by Gasteiger charge is -2.22. The monoisotopic (exact) mass is 267 g/mol. The number of nitrogens with zero attached hydrogens (tertiary/aromatic N) is 1. The third-order valence-electron chi connectivity index (χ3n) is 4.30. The van der Waals surface area contributed by atoms with Crippen molar-refractivity contribution in [1.29, 1.82) is 0 Å². The number of rotatable bonds is 4. The van der Waals surface area contributed by atoms with Gasteiger partial charge in [-0.1, -0.05) is 0 Å². The molecule has 3 rings (SSSR count). The van der Waals surface area contributed by atoms with E-state index >= 15 is 0 Å². The summed E-state index contributed by atoms with van der Waals surface area (Å²) in [6.45, 7) is 5.61. The molecule has 4 unspecified atom stereocenters. The first kappa shape index (κ1) is 13.2. The number of fused-ring (bicyclic) bond motifs is 2. The Labute approximate surface area is 115 Å². The summed E-state index contributed by atoms with van der Waals surface area (Å²) in [4.78, 5) is 4.70. The highest BCUT2D eigenvalue weighted by Gasteiger charge is 2.41. The molecule has 3 saturated heterocycles. The average molecular weight is 267 g/mol. The number of hydrogen-bond acceptors (Lipinski definition) is 3. The van der Waals surface area contributed by atoms with Crippen LogP contribution in [0.1, 0.15) is 32.6 Å². The van der Waals surface area contributed by atoms with Crippen molar-refractivity contribution in [3.05, 3.63) is 0 Å². The van der Waals surface area contributed by atoms with Gasteiger partial charge in [-0.2, -0.15) is 0 Å². The Kier molecular flexibility index (Phi) is 4.23. The minimum atomic E-state index is 0.392. The summed E-state index contributed by atoms with van der Waals surface area (Å²) >= 11 is 0. The van der Waals surface area contributed by atoms with E-state index in [4.69, 9.17) is 14.5 Å². The van der Waals surface area contributed by atoms with Crippen molar-refractivity contribution >= 4 is 5.96 Å². The lowest BCUT2D eigenvalue weighted by molar-refractivity contribution is 0.0992. The fraction of sp³-hybridized carbons (Fsp3) is 0.929. The van der Waals surface area contributed by atoms with Crippen molar-refractivity contribution in [3.63, 3.8) is 0 Å². The highest BCUT2D eigenvalue weighted by molar-refractivity contribution is 5.80. The first-order valence-corrected chi connectivity index (χ1v) is 7.63. The Hall–Kier alpha value is -0.810. The van der Waals surface area contributed by atoms with E-state index in [2.05, 4.69) is 17.6 Å². The molecule has 0 aliphatic carbocycles. The fourth-order valence-corrected chi connectivity index (χ4v) is 3.23. The van der Waals surface area contributed by atoms with E-state index in [-0.39, 0.29) is 0 Å². The van der Waals surface area contributed by atoms with E-state index in [1.165, 1.54) is 12.8 Å². The van der Waals surface area contributed by atoms with E-state index in [0.29, 0.717) is 24.2 Å². The van der Waals surface area contributed by atoms with E-state index in [1.54, 1.807) is 0 Å². The molecule has 5 nitrogen and oxygen atoms in total. The number of ether oxygens (including phenoxy) is 2. The molecule has 0 aromatic rings. The molecule has 3 heterocycles. The largest absolute Gasteiger partial charge is 0.381 e. The predicted molar refractivity (Wildman–Crippen MR) is 74.3 cm³/mol. The molecule has 0 aromatic carbocycles. The summed E-state index contributed by atoms with van der Waals surface area (Å²) in [5.74, 6) is 1.53. The van der Waals surface area contributed by atoms with Gasteiger partial charge in [-0.25, -0.2) is 0 Å². The highest BCUT2D eigenvalue weighted by atomic mass is 16.5. The smallest absolute Gasteiger partial charge is 0.191 e. The maximum Gasteiger partial charge on any atom is 0.191 e. The van der Waals surface area contributed by atoms with Crippen LogP contribution in [0, 0.1) is 5.92 Å². The Morgan fingerprint density at radius 2 is 2.26 bits per heavy atom. The summed E-state index contributed by atoms with van der Waals surface area (Å²) in [7, 11) is 0. The van der Waals surface area contributed by atoms with Gasteiger partial charge in [-0.3, -0.25) is 4.99 Å². The second-order valence-electron chi connectivity index (χ2n) is 5.81. The van der Waals surface area contributed by atoms with Crippen molar-refractivity contribution in [1.82, 2.24) is 10.6 Å². The second-order valence-corrected chi connectivity index (χ2v) is 5.81. The minimum Gasteiger partial charge on any atom is -0.381 e. The molecule has 3 aliphatic rings. The van der Waals surface area contributed by atoms with Gasteiger partial charge in [0.05, 0.1) is 24.9 Å². The maximum absolute atomic E-state index is 5.88. The molecule has 0 saturated carbocycles. The Bertz CT molecular complexity index is 329. The van der Waals surface area contributed by atoms with Gasteiger partial charge < -0.3 is 20.1 Å². The molecule has 0 radical (unpaired) electrons. The zero-order valence-electron chi connectivity index (χ0n) is 11.7. The number of guanidine groups is 1. The van der Waals surface area contributed by atoms with Crippen LogP contribution >= 0.6 is 0 Å². The summed E-state index contributed by atoms with van der Waals surface area (Å²) in [6.07, 6.45) is 5.56. The van der Waals surface area contributed by atoms with Gasteiger partial charge in [0, 0.05) is 25.6 Å². The summed E-state index contributed by atoms with van der Waals surface area (Å²) in [5, 5.41) is 6.88. The van der Waals surface area contributed by atoms with Crippen LogP contribution < -0.4 is 10.6 Å². The predicted octanol–water partition coefficient (Wildman–Crippen LogP) is 0.898. The van der Waals surface area contributed by atoms with Crippen molar-refractivity contribution in [2.45, 2.75) is 50.9 Å². The number of hydrogen-bond donors (Lipinski definition) is 2. The molecule has 2 bridgehead atoms. The first-order chi connectivity index (χ1) is 9.35. The Morgan fingerprint density at radius 1 is 1.32 bits per heavy atom. The third-order valence-corrected chi connectivity index (χ3v) is 4.30. The lowest BCUT2D eigenvalue weighted by Crippen LogP contribution is -2.47. The molecule has 3 fully saturated rings. The van der Waals surface area contributed by atoms with Crippen LogP contribution in [0.4, 0.5) is 0 Å². The van der Waals surface area contributed by atoms with Crippen LogP contribution in [0.15, 0.2) is 4.99 Å². The number of aliphatic imine (C=N–C) groups is 1. The molecule has 0 aromatic heterocycles. The van der Waals surface area contributed by atoms with E-state index in [1.807, 2.05) is 0 Å². The van der Waals surface area contributed by atoms with Crippen LogP contribution in [-0.4, -0.2) is 50.5 Å². The zero-order valence-corrected chi connectivity index (χ0v) is 11.7. The van der Waals surface area contributed by atoms with Gasteiger partial charge >= 0.3 is 0 Å². The average Bonchev–Trinajstić information content (AvgIpc) is 3.13. The van der Waals surface area contributed by atoms with E-state index in [9.17, 15) is 0 Å². The quantitative estimate of drug-likeness (QED) is 0.587. The lowest BCUT2D eigenvalue weighted by atomic mass is 9.96. The summed E-state index contributed by atoms with van der Waals surface area (Å²) < 4.78 is 11.3. The van der Waals surface area contributed by atoms with E-state index in [0.717, 1.165) is 45.1 Å². The summed E-state index contributed by atoms with van der Waals surface area (Å²) in [5.41, 5.74) is 0. The molecular weight excluding hydrogens is 242 g/mol. The summed E-state index contributed by atoms with van der Waals surface area (Å²) in [6, 6.07) is 0.441. The fourth-order valence-electron chi connectivity index (χ4n) is 3.23. The molecule has 3 aliphatic heterocycles. The maximum atomic E-state index is 5.88. The third kappa shape index (κ3) is 3.20. The van der Waals surface area contributed by atoms with Crippen LogP contribution in [0.5, 0.6) is 0 Å². The zero-order chi connectivity index (χ0) is 13.1. The Balaban J connectivity index is 1.52. The molecule has 4 atom stereocenters. The van der Waals surface area contributed by atoms with E-state index < -0.39 is 0 Å². The Morgan fingerprint density at radius 3 is 2.89 bits per heavy atom. The minimum absolute atomic E-state index is 0.392. The highest BCUT2D eigenvalue weighted by Crippen LogP contribution is 2.34. The molecule has 2 N–H and O–H groups in total. The number of nitrogens with one attached hydrogen (secondary N) is 2. The van der Waals surface area contributed by atoms with Crippen LogP contribution in [0.3, 0.4) is 0 Å². The molecule has 108 valence electrons. The second kappa shape index (κ2) is 6.09. The molecule has 19 heavy (non-hydrogen) atoms. The van der Waals surface area contributed by atoms with Gasteiger partial charge in [0.25, 0.3) is 0 Å². The van der Waals surface area contributed by atoms with Crippen molar-refractivity contribution in [3.8, 4) is 0 Å². The molecule has 0 amide bonds. The normalized spacial score (nSPS) is 37.8. The standard InChI is InChI=1S/C14H25N3O2/c1-2-15-14(16-8-10-5-6-18-9-10)17-12-7-11-3-4-13(12)19-11/h10-13H,2-9H2,1H3,(H2,15,16,17). The van der Waals surface area contributed by atoms with Crippen LogP contribution in [0.2, 0.25) is 0 Å². The van der Waals surface area contributed by atoms with Gasteiger partial charge in [-0.05, 0) is 32.6 Å². The van der Waals surface area contributed by atoms with Crippen molar-refractivity contribution in [2.75, 3.05) is 26.3 Å². The molecule has 5 heteroatoms. The van der Waals surface area contributed by atoms with Crippen molar-refractivity contribution < 1.29 is 9.47 Å². The van der Waals surface area contributed by atoms with Gasteiger partial charge in [0.1, 0.15) is 0 Å².